The summed E-state index contributed by atoms with van der Waals surface area (Å²) in [6.07, 6.45) is 3.00. The first-order chi connectivity index (χ1) is 7.68. The minimum Gasteiger partial charge on any atom is -0.478 e. The molecule has 0 aliphatic carbocycles. The molecule has 0 saturated carbocycles. The third-order valence-corrected chi connectivity index (χ3v) is 2.40. The summed E-state index contributed by atoms with van der Waals surface area (Å²) in [7, 11) is 0. The first-order valence-electron chi connectivity index (χ1n) is 4.47. The fourth-order valence-corrected chi connectivity index (χ4v) is 1.51. The van der Waals surface area contributed by atoms with Gasteiger partial charge < -0.3 is 5.11 Å². The van der Waals surface area contributed by atoms with Gasteiger partial charge in [0.2, 0.25) is 0 Å². The van der Waals surface area contributed by atoms with Gasteiger partial charge in [-0.3, -0.25) is 0 Å². The van der Waals surface area contributed by atoms with Crippen LogP contribution in [0.25, 0.3) is 11.3 Å². The highest BCUT2D eigenvalue weighted by atomic mass is 35.5. The SMILES string of the molecule is O=C(O)c1cc(-c2ccncn2)ccc1Cl. The molecule has 5 heteroatoms. The number of carboxylic acids is 1. The van der Waals surface area contributed by atoms with Gasteiger partial charge in [-0.15, -0.1) is 0 Å². The molecule has 0 unspecified atom stereocenters. The van der Waals surface area contributed by atoms with Crippen LogP contribution >= 0.6 is 11.6 Å². The van der Waals surface area contributed by atoms with Crippen LogP contribution in [-0.4, -0.2) is 21.0 Å². The number of nitrogens with zero attached hydrogens (tertiary/aromatic N) is 2. The summed E-state index contributed by atoms with van der Waals surface area (Å²) in [5, 5.41) is 9.13. The highest BCUT2D eigenvalue weighted by Gasteiger charge is 2.10. The number of aromatic carboxylic acids is 1. The Morgan fingerprint density at radius 1 is 1.31 bits per heavy atom. The highest BCUT2D eigenvalue weighted by molar-refractivity contribution is 6.33. The second kappa shape index (κ2) is 4.28. The van der Waals surface area contributed by atoms with Crippen LogP contribution in [0.2, 0.25) is 5.02 Å². The van der Waals surface area contributed by atoms with Gasteiger partial charge in [0.05, 0.1) is 16.3 Å². The Labute approximate surface area is 96.6 Å². The van der Waals surface area contributed by atoms with Gasteiger partial charge in [-0.25, -0.2) is 14.8 Å². The second-order valence-corrected chi connectivity index (χ2v) is 3.50. The molecular weight excluding hydrogens is 228 g/mol. The molecule has 0 radical (unpaired) electrons. The zero-order valence-corrected chi connectivity index (χ0v) is 8.85. The zero-order chi connectivity index (χ0) is 11.5. The summed E-state index contributed by atoms with van der Waals surface area (Å²) in [5.74, 6) is -1.05. The quantitative estimate of drug-likeness (QED) is 0.867. The molecule has 4 nitrogen and oxygen atoms in total. The summed E-state index contributed by atoms with van der Waals surface area (Å²) < 4.78 is 0. The van der Waals surface area contributed by atoms with Gasteiger partial charge >= 0.3 is 5.97 Å². The van der Waals surface area contributed by atoms with Crippen LogP contribution in [0, 0.1) is 0 Å². The van der Waals surface area contributed by atoms with E-state index < -0.39 is 5.97 Å². The summed E-state index contributed by atoms with van der Waals surface area (Å²) in [4.78, 5) is 18.7. The van der Waals surface area contributed by atoms with Crippen LogP contribution in [-0.2, 0) is 0 Å². The maximum Gasteiger partial charge on any atom is 0.337 e. The van der Waals surface area contributed by atoms with Gasteiger partial charge in [0.25, 0.3) is 0 Å². The van der Waals surface area contributed by atoms with Crippen molar-refractivity contribution in [1.29, 1.82) is 0 Å². The summed E-state index contributed by atoms with van der Waals surface area (Å²) >= 11 is 5.77. The van der Waals surface area contributed by atoms with Crippen LogP contribution in [0.4, 0.5) is 0 Å². The Hall–Kier alpha value is -1.94. The van der Waals surface area contributed by atoms with Crippen LogP contribution in [0.5, 0.6) is 0 Å². The maximum atomic E-state index is 10.9. The lowest BCUT2D eigenvalue weighted by atomic mass is 10.1. The number of carbonyl (C=O) groups is 1. The molecular formula is C11H7ClN2O2. The van der Waals surface area contributed by atoms with E-state index in [0.717, 1.165) is 0 Å². The molecule has 0 aliphatic rings. The fraction of sp³-hybridized carbons (Fsp3) is 0. The zero-order valence-electron chi connectivity index (χ0n) is 8.09. The Morgan fingerprint density at radius 3 is 2.75 bits per heavy atom. The number of hydrogen-bond donors (Lipinski definition) is 1. The van der Waals surface area contributed by atoms with Gasteiger partial charge in [0.1, 0.15) is 6.33 Å². The van der Waals surface area contributed by atoms with E-state index in [0.29, 0.717) is 11.3 Å². The average molecular weight is 235 g/mol. The van der Waals surface area contributed by atoms with E-state index in [9.17, 15) is 4.79 Å². The summed E-state index contributed by atoms with van der Waals surface area (Å²) in [6.45, 7) is 0. The molecule has 2 rings (SSSR count). The van der Waals surface area contributed by atoms with Crippen molar-refractivity contribution in [3.05, 3.63) is 47.4 Å². The average Bonchev–Trinajstić information content (AvgIpc) is 2.30. The lowest BCUT2D eigenvalue weighted by Crippen LogP contribution is -1.98. The molecule has 0 spiro atoms. The highest BCUT2D eigenvalue weighted by Crippen LogP contribution is 2.23. The molecule has 0 amide bonds. The molecule has 0 fully saturated rings. The van der Waals surface area contributed by atoms with Crippen molar-refractivity contribution in [2.24, 2.45) is 0 Å². The van der Waals surface area contributed by atoms with Gasteiger partial charge in [-0.1, -0.05) is 17.7 Å². The number of carboxylic acid groups (broad SMARTS) is 1. The van der Waals surface area contributed by atoms with Gasteiger partial charge in [-0.2, -0.15) is 0 Å². The molecule has 80 valence electrons. The summed E-state index contributed by atoms with van der Waals surface area (Å²) in [6, 6.07) is 6.46. The van der Waals surface area contributed by atoms with Crippen molar-refractivity contribution in [1.82, 2.24) is 9.97 Å². The molecule has 2 aromatic rings. The number of rotatable bonds is 2. The predicted octanol–water partition coefficient (Wildman–Crippen LogP) is 2.50. The first-order valence-corrected chi connectivity index (χ1v) is 4.85. The molecule has 0 aliphatic heterocycles. The molecule has 1 aromatic carbocycles. The predicted molar refractivity (Wildman–Crippen MR) is 59.4 cm³/mol. The molecule has 1 heterocycles. The van der Waals surface area contributed by atoms with Crippen LogP contribution in [0.15, 0.2) is 36.8 Å². The Bertz CT molecular complexity index is 529. The Morgan fingerprint density at radius 2 is 2.12 bits per heavy atom. The Kier molecular flexibility index (Phi) is 2.83. The minimum atomic E-state index is -1.05. The third kappa shape index (κ3) is 2.01. The van der Waals surface area contributed by atoms with Crippen LogP contribution in [0.3, 0.4) is 0 Å². The molecule has 16 heavy (non-hydrogen) atoms. The van der Waals surface area contributed by atoms with Crippen molar-refractivity contribution in [3.63, 3.8) is 0 Å². The number of halogens is 1. The van der Waals surface area contributed by atoms with Crippen LogP contribution in [0.1, 0.15) is 10.4 Å². The van der Waals surface area contributed by atoms with E-state index in [1.54, 1.807) is 24.4 Å². The van der Waals surface area contributed by atoms with Crippen molar-refractivity contribution in [2.75, 3.05) is 0 Å². The largest absolute Gasteiger partial charge is 0.478 e. The van der Waals surface area contributed by atoms with E-state index in [2.05, 4.69) is 9.97 Å². The standard InChI is InChI=1S/C11H7ClN2O2/c12-9-2-1-7(5-8(9)11(15)16)10-3-4-13-6-14-10/h1-6H,(H,15,16). The monoisotopic (exact) mass is 234 g/mol. The normalized spacial score (nSPS) is 10.1. The lowest BCUT2D eigenvalue weighted by molar-refractivity contribution is 0.0697. The smallest absolute Gasteiger partial charge is 0.337 e. The molecule has 0 bridgehead atoms. The van der Waals surface area contributed by atoms with E-state index in [1.807, 2.05) is 0 Å². The van der Waals surface area contributed by atoms with Gasteiger partial charge in [0.15, 0.2) is 0 Å². The minimum absolute atomic E-state index is 0.0674. The van der Waals surface area contributed by atoms with Gasteiger partial charge in [-0.05, 0) is 18.2 Å². The van der Waals surface area contributed by atoms with Crippen molar-refractivity contribution in [2.45, 2.75) is 0 Å². The van der Waals surface area contributed by atoms with Crippen molar-refractivity contribution >= 4 is 17.6 Å². The van der Waals surface area contributed by atoms with E-state index >= 15 is 0 Å². The molecule has 1 aromatic heterocycles. The fourth-order valence-electron chi connectivity index (χ4n) is 1.31. The van der Waals surface area contributed by atoms with Crippen molar-refractivity contribution < 1.29 is 9.90 Å². The third-order valence-electron chi connectivity index (χ3n) is 2.07. The topological polar surface area (TPSA) is 63.1 Å². The number of hydrogen-bond acceptors (Lipinski definition) is 3. The molecule has 1 N–H and O–H groups in total. The van der Waals surface area contributed by atoms with Crippen LogP contribution < -0.4 is 0 Å². The van der Waals surface area contributed by atoms with E-state index in [4.69, 9.17) is 16.7 Å². The molecule has 0 saturated heterocycles. The summed E-state index contributed by atoms with van der Waals surface area (Å²) in [5.41, 5.74) is 1.43. The molecule has 0 atom stereocenters. The van der Waals surface area contributed by atoms with E-state index in [1.165, 1.54) is 12.4 Å². The second-order valence-electron chi connectivity index (χ2n) is 3.09. The van der Waals surface area contributed by atoms with Crippen molar-refractivity contribution in [3.8, 4) is 11.3 Å². The Balaban J connectivity index is 2.52. The van der Waals surface area contributed by atoms with E-state index in [-0.39, 0.29) is 10.6 Å². The van der Waals surface area contributed by atoms with Gasteiger partial charge in [0, 0.05) is 11.8 Å². The first kappa shape index (κ1) is 10.6. The lowest BCUT2D eigenvalue weighted by Gasteiger charge is -2.03. The number of aromatic nitrogens is 2. The number of benzene rings is 1. The maximum absolute atomic E-state index is 10.9.